The highest BCUT2D eigenvalue weighted by Crippen LogP contribution is 2.12. The van der Waals surface area contributed by atoms with E-state index in [9.17, 15) is 0 Å². The molecule has 1 saturated heterocycles. The first-order valence-corrected chi connectivity index (χ1v) is 10.4. The maximum atomic E-state index is 4.85. The summed E-state index contributed by atoms with van der Waals surface area (Å²) in [6.07, 6.45) is 6.83. The van der Waals surface area contributed by atoms with Gasteiger partial charge in [-0.05, 0) is 18.6 Å². The second-order valence-electron chi connectivity index (χ2n) is 6.94. The van der Waals surface area contributed by atoms with Crippen LogP contribution in [0.1, 0.15) is 32.5 Å². The summed E-state index contributed by atoms with van der Waals surface area (Å²) in [7, 11) is 0. The van der Waals surface area contributed by atoms with E-state index in [4.69, 9.17) is 4.99 Å². The molecule has 0 aromatic carbocycles. The largest absolute Gasteiger partial charge is 0.354 e. The van der Waals surface area contributed by atoms with Crippen LogP contribution in [0, 0.1) is 0 Å². The molecule has 0 unspecified atom stereocenters. The van der Waals surface area contributed by atoms with Crippen molar-refractivity contribution in [3.05, 3.63) is 36.5 Å². The van der Waals surface area contributed by atoms with Crippen molar-refractivity contribution in [2.75, 3.05) is 44.2 Å². The molecule has 0 spiro atoms. The summed E-state index contributed by atoms with van der Waals surface area (Å²) in [5.74, 6) is 3.09. The van der Waals surface area contributed by atoms with Crippen molar-refractivity contribution in [3.63, 3.8) is 0 Å². The summed E-state index contributed by atoms with van der Waals surface area (Å²) < 4.78 is 2.11. The molecule has 2 aromatic heterocycles. The SMILES string of the molecule is CCCCN=C(NCCn1cnnc1CC)N1CCN(c2ccccn2)CC1.I. The van der Waals surface area contributed by atoms with E-state index in [0.29, 0.717) is 0 Å². The molecule has 2 aromatic rings. The van der Waals surface area contributed by atoms with Gasteiger partial charge in [-0.2, -0.15) is 0 Å². The van der Waals surface area contributed by atoms with Crippen molar-refractivity contribution in [1.29, 1.82) is 0 Å². The van der Waals surface area contributed by atoms with Crippen LogP contribution in [0.5, 0.6) is 0 Å². The average molecular weight is 512 g/mol. The van der Waals surface area contributed by atoms with Crippen LogP contribution in [0.15, 0.2) is 35.7 Å². The third kappa shape index (κ3) is 6.83. The van der Waals surface area contributed by atoms with E-state index in [0.717, 1.165) is 82.7 Å². The van der Waals surface area contributed by atoms with Crippen molar-refractivity contribution >= 4 is 35.8 Å². The number of unbranched alkanes of at least 4 members (excludes halogenated alkanes) is 1. The van der Waals surface area contributed by atoms with Crippen LogP contribution >= 0.6 is 24.0 Å². The molecule has 3 heterocycles. The number of nitrogens with one attached hydrogen (secondary N) is 1. The second kappa shape index (κ2) is 12.6. The number of pyridine rings is 1. The fourth-order valence-electron chi connectivity index (χ4n) is 3.33. The molecule has 9 heteroatoms. The molecule has 1 N–H and O–H groups in total. The minimum absolute atomic E-state index is 0. The van der Waals surface area contributed by atoms with Gasteiger partial charge in [0.25, 0.3) is 0 Å². The standard InChI is InChI=1S/C20H32N8.HI/c1-3-5-9-22-20(23-11-12-28-17-24-25-18(28)4-2)27-15-13-26(14-16-27)19-8-6-7-10-21-19;/h6-8,10,17H,3-5,9,11-16H2,1-2H3,(H,22,23);1H. The molecule has 0 atom stereocenters. The van der Waals surface area contributed by atoms with Crippen molar-refractivity contribution in [1.82, 2.24) is 30.0 Å². The van der Waals surface area contributed by atoms with Gasteiger partial charge >= 0.3 is 0 Å². The number of piperazine rings is 1. The average Bonchev–Trinajstić information content (AvgIpc) is 3.21. The fraction of sp³-hybridized carbons (Fsp3) is 0.600. The van der Waals surface area contributed by atoms with Crippen LogP contribution in [-0.4, -0.2) is 69.9 Å². The van der Waals surface area contributed by atoms with Crippen molar-refractivity contribution in [2.24, 2.45) is 4.99 Å². The van der Waals surface area contributed by atoms with Gasteiger partial charge in [-0.25, -0.2) is 4.98 Å². The Morgan fingerprint density at radius 2 is 2.00 bits per heavy atom. The number of hydrogen-bond donors (Lipinski definition) is 1. The van der Waals surface area contributed by atoms with Gasteiger partial charge in [-0.15, -0.1) is 34.2 Å². The van der Waals surface area contributed by atoms with E-state index in [1.54, 1.807) is 6.33 Å². The maximum Gasteiger partial charge on any atom is 0.194 e. The molecule has 3 rings (SSSR count). The highest BCUT2D eigenvalue weighted by Gasteiger charge is 2.20. The number of aliphatic imine (C=N–C) groups is 1. The van der Waals surface area contributed by atoms with E-state index in [1.807, 2.05) is 18.3 Å². The Morgan fingerprint density at radius 3 is 2.69 bits per heavy atom. The van der Waals surface area contributed by atoms with Gasteiger partial charge in [0.15, 0.2) is 5.96 Å². The Balaban J connectivity index is 0.00000300. The van der Waals surface area contributed by atoms with Gasteiger partial charge in [0.2, 0.25) is 0 Å². The molecule has 0 saturated carbocycles. The highest BCUT2D eigenvalue weighted by molar-refractivity contribution is 14.0. The zero-order valence-electron chi connectivity index (χ0n) is 17.5. The van der Waals surface area contributed by atoms with Crippen molar-refractivity contribution < 1.29 is 0 Å². The van der Waals surface area contributed by atoms with E-state index >= 15 is 0 Å². The Morgan fingerprint density at radius 1 is 1.17 bits per heavy atom. The van der Waals surface area contributed by atoms with Crippen LogP contribution in [0.3, 0.4) is 0 Å². The number of halogens is 1. The zero-order chi connectivity index (χ0) is 19.6. The Hall–Kier alpha value is -1.91. The number of anilines is 1. The molecule has 0 amide bonds. The summed E-state index contributed by atoms with van der Waals surface area (Å²) in [5.41, 5.74) is 0. The molecule has 0 radical (unpaired) electrons. The summed E-state index contributed by atoms with van der Waals surface area (Å²) >= 11 is 0. The first-order chi connectivity index (χ1) is 13.8. The third-order valence-corrected chi connectivity index (χ3v) is 4.97. The van der Waals surface area contributed by atoms with Crippen LogP contribution in [0.4, 0.5) is 5.82 Å². The normalized spacial score (nSPS) is 14.6. The lowest BCUT2D eigenvalue weighted by Gasteiger charge is -2.37. The number of hydrogen-bond acceptors (Lipinski definition) is 5. The second-order valence-corrected chi connectivity index (χ2v) is 6.94. The van der Waals surface area contributed by atoms with Crippen LogP contribution in [-0.2, 0) is 13.0 Å². The Kier molecular flexibility index (Phi) is 10.2. The van der Waals surface area contributed by atoms with Gasteiger partial charge in [0.1, 0.15) is 18.0 Å². The molecular formula is C20H33IN8. The molecule has 8 nitrogen and oxygen atoms in total. The van der Waals surface area contributed by atoms with Gasteiger partial charge in [0, 0.05) is 58.4 Å². The van der Waals surface area contributed by atoms with E-state index in [1.165, 1.54) is 0 Å². The number of rotatable bonds is 8. The van der Waals surface area contributed by atoms with E-state index in [2.05, 4.69) is 54.8 Å². The predicted molar refractivity (Wildman–Crippen MR) is 128 cm³/mol. The van der Waals surface area contributed by atoms with Gasteiger partial charge in [-0.1, -0.05) is 26.3 Å². The maximum absolute atomic E-state index is 4.85. The van der Waals surface area contributed by atoms with Crippen LogP contribution in [0.25, 0.3) is 0 Å². The Bertz CT molecular complexity index is 725. The van der Waals surface area contributed by atoms with Crippen molar-refractivity contribution in [2.45, 2.75) is 39.7 Å². The minimum atomic E-state index is 0. The molecule has 0 bridgehead atoms. The number of guanidine groups is 1. The van der Waals surface area contributed by atoms with E-state index in [-0.39, 0.29) is 24.0 Å². The number of aromatic nitrogens is 4. The molecule has 1 aliphatic heterocycles. The van der Waals surface area contributed by atoms with E-state index < -0.39 is 0 Å². The minimum Gasteiger partial charge on any atom is -0.354 e. The number of aryl methyl sites for hydroxylation is 1. The quantitative estimate of drug-likeness (QED) is 0.254. The zero-order valence-corrected chi connectivity index (χ0v) is 19.8. The van der Waals surface area contributed by atoms with Crippen molar-refractivity contribution in [3.8, 4) is 0 Å². The molecule has 1 fully saturated rings. The lowest BCUT2D eigenvalue weighted by atomic mass is 10.3. The van der Waals surface area contributed by atoms with Crippen LogP contribution in [0.2, 0.25) is 0 Å². The highest BCUT2D eigenvalue weighted by atomic mass is 127. The first-order valence-electron chi connectivity index (χ1n) is 10.4. The molecule has 0 aliphatic carbocycles. The monoisotopic (exact) mass is 512 g/mol. The summed E-state index contributed by atoms with van der Waals surface area (Å²) in [6, 6.07) is 6.08. The molecule has 160 valence electrons. The summed E-state index contributed by atoms with van der Waals surface area (Å²) in [5, 5.41) is 11.7. The lowest BCUT2D eigenvalue weighted by molar-refractivity contribution is 0.369. The predicted octanol–water partition coefficient (Wildman–Crippen LogP) is 2.42. The topological polar surface area (TPSA) is 74.5 Å². The molecule has 1 aliphatic rings. The fourth-order valence-corrected chi connectivity index (χ4v) is 3.33. The summed E-state index contributed by atoms with van der Waals surface area (Å²) in [6.45, 7) is 10.6. The first kappa shape index (κ1) is 23.4. The van der Waals surface area contributed by atoms with Gasteiger partial charge < -0.3 is 19.7 Å². The third-order valence-electron chi connectivity index (χ3n) is 4.97. The van der Waals surface area contributed by atoms with Crippen LogP contribution < -0.4 is 10.2 Å². The Labute approximate surface area is 190 Å². The van der Waals surface area contributed by atoms with Gasteiger partial charge in [0.05, 0.1) is 0 Å². The molecule has 29 heavy (non-hydrogen) atoms. The molecular weight excluding hydrogens is 479 g/mol. The smallest absolute Gasteiger partial charge is 0.194 e. The lowest BCUT2D eigenvalue weighted by Crippen LogP contribution is -2.53. The number of nitrogens with zero attached hydrogens (tertiary/aromatic N) is 7. The van der Waals surface area contributed by atoms with Gasteiger partial charge in [-0.3, -0.25) is 4.99 Å². The summed E-state index contributed by atoms with van der Waals surface area (Å²) in [4.78, 5) is 14.0.